The number of aryl methyl sites for hydroxylation is 1. The van der Waals surface area contributed by atoms with Crippen LogP contribution in [0.15, 0.2) is 24.3 Å². The van der Waals surface area contributed by atoms with E-state index in [2.05, 4.69) is 18.8 Å². The van der Waals surface area contributed by atoms with Crippen LogP contribution in [0.5, 0.6) is 0 Å². The molecule has 0 amide bonds. The van der Waals surface area contributed by atoms with Gasteiger partial charge in [0.1, 0.15) is 0 Å². The molecule has 0 N–H and O–H groups in total. The van der Waals surface area contributed by atoms with Gasteiger partial charge in [0.2, 0.25) is 0 Å². The van der Waals surface area contributed by atoms with Crippen molar-refractivity contribution in [2.45, 2.75) is 30.2 Å². The minimum absolute atomic E-state index is 0.0762. The number of benzene rings is 1. The normalized spacial score (nSPS) is 10.8. The minimum atomic E-state index is -4.05. The van der Waals surface area contributed by atoms with Gasteiger partial charge in [-0.3, -0.25) is 0 Å². The molecule has 0 fully saturated rings. The Balaban J connectivity index is 2.49. The third-order valence-electron chi connectivity index (χ3n) is 2.03. The molecule has 0 aromatic heterocycles. The van der Waals surface area contributed by atoms with E-state index in [0.717, 1.165) is 18.4 Å². The molecule has 17 heavy (non-hydrogen) atoms. The first-order valence-electron chi connectivity index (χ1n) is 5.30. The molecule has 0 nitrogen and oxygen atoms in total. The number of hydrogen-bond donors (Lipinski definition) is 0. The van der Waals surface area contributed by atoms with E-state index in [9.17, 15) is 13.2 Å². The van der Waals surface area contributed by atoms with E-state index < -0.39 is 20.0 Å². The van der Waals surface area contributed by atoms with E-state index in [4.69, 9.17) is 0 Å². The first-order valence-corrected chi connectivity index (χ1v) is 7.36. The fraction of sp³-hybridized carbons (Fsp3) is 0.385. The molecule has 0 bridgehead atoms. The second-order valence-electron chi connectivity index (χ2n) is 3.48. The first kappa shape index (κ1) is 14.2. The Kier molecular flexibility index (Phi) is 5.61. The van der Waals surface area contributed by atoms with E-state index in [1.165, 1.54) is 5.56 Å². The molecule has 92 valence electrons. The van der Waals surface area contributed by atoms with Crippen LogP contribution in [0.2, 0.25) is 5.32 Å². The Bertz CT molecular complexity index is 395. The van der Waals surface area contributed by atoms with Crippen molar-refractivity contribution in [2.24, 2.45) is 0 Å². The molecule has 0 radical (unpaired) electrons. The van der Waals surface area contributed by atoms with Crippen LogP contribution in [-0.4, -0.2) is 20.0 Å². The van der Waals surface area contributed by atoms with Crippen LogP contribution in [0.3, 0.4) is 0 Å². The van der Waals surface area contributed by atoms with Gasteiger partial charge in [0.15, 0.2) is 0 Å². The molecule has 0 heterocycles. The van der Waals surface area contributed by atoms with E-state index in [1.807, 2.05) is 24.3 Å². The molecule has 0 aliphatic rings. The molecule has 0 atom stereocenters. The Morgan fingerprint density at radius 1 is 1.18 bits per heavy atom. The van der Waals surface area contributed by atoms with E-state index >= 15 is 0 Å². The van der Waals surface area contributed by atoms with Crippen LogP contribution in [0.1, 0.15) is 24.5 Å². The molecule has 1 aromatic carbocycles. The third kappa shape index (κ3) is 6.41. The zero-order valence-electron chi connectivity index (χ0n) is 9.47. The second-order valence-corrected chi connectivity index (χ2v) is 5.67. The Hall–Kier alpha value is -0.911. The molecular formula is C13H13F3Se. The first-order chi connectivity index (χ1) is 8.01. The number of hydrogen-bond acceptors (Lipinski definition) is 0. The van der Waals surface area contributed by atoms with Crippen LogP contribution in [0.25, 0.3) is 0 Å². The maximum absolute atomic E-state index is 11.9. The fourth-order valence-corrected chi connectivity index (χ4v) is 1.95. The Labute approximate surface area is 106 Å². The van der Waals surface area contributed by atoms with Gasteiger partial charge in [-0.2, -0.15) is 0 Å². The van der Waals surface area contributed by atoms with Crippen molar-refractivity contribution in [2.75, 3.05) is 0 Å². The van der Waals surface area contributed by atoms with Crippen molar-refractivity contribution in [1.82, 2.24) is 0 Å². The fourth-order valence-electron chi connectivity index (χ4n) is 1.30. The summed E-state index contributed by atoms with van der Waals surface area (Å²) in [5.74, 6) is 5.32. The monoisotopic (exact) mass is 306 g/mol. The summed E-state index contributed by atoms with van der Waals surface area (Å²) in [4.78, 5) is 0. The van der Waals surface area contributed by atoms with Gasteiger partial charge in [-0.1, -0.05) is 0 Å². The molecule has 1 rings (SSSR count). The van der Waals surface area contributed by atoms with Gasteiger partial charge in [-0.05, 0) is 0 Å². The molecule has 0 aliphatic heterocycles. The zero-order valence-corrected chi connectivity index (χ0v) is 11.2. The average molecular weight is 305 g/mol. The quantitative estimate of drug-likeness (QED) is 0.591. The van der Waals surface area contributed by atoms with Gasteiger partial charge in [0.25, 0.3) is 0 Å². The van der Waals surface area contributed by atoms with E-state index in [-0.39, 0.29) is 5.32 Å². The molecule has 1 aromatic rings. The predicted molar refractivity (Wildman–Crippen MR) is 63.9 cm³/mol. The topological polar surface area (TPSA) is 0 Å². The SMILES string of the molecule is CCCc1ccc(C#CC[Se]C(F)(F)F)cc1. The van der Waals surface area contributed by atoms with Crippen LogP contribution in [-0.2, 0) is 6.42 Å². The average Bonchev–Trinajstić information content (AvgIpc) is 2.26. The van der Waals surface area contributed by atoms with Crippen molar-refractivity contribution in [3.05, 3.63) is 35.4 Å². The van der Waals surface area contributed by atoms with Gasteiger partial charge in [0, 0.05) is 0 Å². The van der Waals surface area contributed by atoms with Gasteiger partial charge in [-0.25, -0.2) is 0 Å². The van der Waals surface area contributed by atoms with E-state index in [1.54, 1.807) is 0 Å². The molecule has 0 saturated heterocycles. The summed E-state index contributed by atoms with van der Waals surface area (Å²) < 4.78 is 35.6. The van der Waals surface area contributed by atoms with Gasteiger partial charge in [-0.15, -0.1) is 0 Å². The molecule has 4 heteroatoms. The van der Waals surface area contributed by atoms with Gasteiger partial charge >= 0.3 is 106 Å². The van der Waals surface area contributed by atoms with Crippen LogP contribution >= 0.6 is 0 Å². The molecule has 0 aliphatic carbocycles. The number of rotatable bonds is 3. The third-order valence-corrected chi connectivity index (χ3v) is 3.33. The van der Waals surface area contributed by atoms with Crippen molar-refractivity contribution in [3.63, 3.8) is 0 Å². The van der Waals surface area contributed by atoms with Crippen LogP contribution < -0.4 is 0 Å². The maximum atomic E-state index is 11.9. The molecule has 0 saturated carbocycles. The number of halogens is 3. The summed E-state index contributed by atoms with van der Waals surface area (Å²) in [5, 5.41) is -4.13. The molecule has 0 spiro atoms. The standard InChI is InChI=1S/C13H13F3Se/c1-2-4-11-6-8-12(9-7-11)5-3-10-17-13(14,15)16/h6-9H,2,4,10H2,1H3. The van der Waals surface area contributed by atoms with Crippen molar-refractivity contribution in [1.29, 1.82) is 0 Å². The Morgan fingerprint density at radius 2 is 1.82 bits per heavy atom. The van der Waals surface area contributed by atoms with Gasteiger partial charge in [0.05, 0.1) is 0 Å². The molecule has 0 unspecified atom stereocenters. The summed E-state index contributed by atoms with van der Waals surface area (Å²) in [6.45, 7) is 2.10. The predicted octanol–water partition coefficient (Wildman–Crippen LogP) is 3.63. The summed E-state index contributed by atoms with van der Waals surface area (Å²) >= 11 is -1.39. The Morgan fingerprint density at radius 3 is 2.35 bits per heavy atom. The van der Waals surface area contributed by atoms with Crippen LogP contribution in [0.4, 0.5) is 13.2 Å². The van der Waals surface area contributed by atoms with Crippen molar-refractivity contribution in [3.8, 4) is 11.8 Å². The van der Waals surface area contributed by atoms with E-state index in [0.29, 0.717) is 0 Å². The number of alkyl halides is 3. The second kappa shape index (κ2) is 6.73. The van der Waals surface area contributed by atoms with Crippen LogP contribution in [0, 0.1) is 11.8 Å². The van der Waals surface area contributed by atoms with Crippen molar-refractivity contribution < 1.29 is 13.2 Å². The molecular weight excluding hydrogens is 292 g/mol. The summed E-state index contributed by atoms with van der Waals surface area (Å²) in [7, 11) is 0. The summed E-state index contributed by atoms with van der Waals surface area (Å²) in [5.41, 5.74) is 2.01. The summed E-state index contributed by atoms with van der Waals surface area (Å²) in [6, 6.07) is 7.67. The van der Waals surface area contributed by atoms with Crippen molar-refractivity contribution >= 4 is 15.0 Å². The van der Waals surface area contributed by atoms with Gasteiger partial charge < -0.3 is 0 Å². The zero-order chi connectivity index (χ0) is 12.7. The summed E-state index contributed by atoms with van der Waals surface area (Å²) in [6.07, 6.45) is 2.10.